The number of hydrogen-bond donors (Lipinski definition) is 1. The molecular formula is C11H19F3N2O. The molecule has 1 atom stereocenters. The first kappa shape index (κ1) is 14.3. The van der Waals surface area contributed by atoms with E-state index in [1.165, 1.54) is 0 Å². The molecule has 0 aromatic carbocycles. The van der Waals surface area contributed by atoms with E-state index in [0.29, 0.717) is 13.0 Å². The molecule has 0 radical (unpaired) electrons. The molecule has 0 aromatic heterocycles. The topological polar surface area (TPSA) is 32.3 Å². The van der Waals surface area contributed by atoms with E-state index in [9.17, 15) is 18.0 Å². The molecule has 1 fully saturated rings. The van der Waals surface area contributed by atoms with Gasteiger partial charge in [-0.2, -0.15) is 13.2 Å². The Bertz CT molecular complexity index is 260. The third-order valence-corrected chi connectivity index (χ3v) is 2.63. The van der Waals surface area contributed by atoms with Crippen LogP contribution in [0.1, 0.15) is 26.7 Å². The van der Waals surface area contributed by atoms with Gasteiger partial charge in [-0.1, -0.05) is 13.8 Å². The zero-order valence-corrected chi connectivity index (χ0v) is 10.2. The summed E-state index contributed by atoms with van der Waals surface area (Å²) in [6.45, 7) is 3.31. The van der Waals surface area contributed by atoms with Crippen molar-refractivity contribution in [2.75, 3.05) is 19.6 Å². The van der Waals surface area contributed by atoms with E-state index in [1.807, 2.05) is 0 Å². The SMILES string of the molecule is CC(C)CN(CC(F)(F)F)C(=O)C1CCCN1. The zero-order chi connectivity index (χ0) is 13.1. The summed E-state index contributed by atoms with van der Waals surface area (Å²) in [6.07, 6.45) is -2.85. The van der Waals surface area contributed by atoms with E-state index in [2.05, 4.69) is 5.32 Å². The molecule has 100 valence electrons. The molecule has 1 unspecified atom stereocenters. The van der Waals surface area contributed by atoms with Crippen LogP contribution in [0.4, 0.5) is 13.2 Å². The Kier molecular flexibility index (Phi) is 4.80. The molecule has 6 heteroatoms. The average molecular weight is 252 g/mol. The van der Waals surface area contributed by atoms with Crippen LogP contribution in [0.3, 0.4) is 0 Å². The standard InChI is InChI=1S/C11H19F3N2O/c1-8(2)6-16(7-11(12,13)14)10(17)9-4-3-5-15-9/h8-9,15H,3-7H2,1-2H3. The Morgan fingerprint density at radius 2 is 2.12 bits per heavy atom. The van der Waals surface area contributed by atoms with E-state index in [0.717, 1.165) is 11.3 Å². The Hall–Kier alpha value is -0.780. The van der Waals surface area contributed by atoms with Crippen molar-refractivity contribution in [1.29, 1.82) is 0 Å². The molecule has 0 saturated carbocycles. The first-order valence-electron chi connectivity index (χ1n) is 5.88. The van der Waals surface area contributed by atoms with Gasteiger partial charge in [0.05, 0.1) is 6.04 Å². The van der Waals surface area contributed by atoms with Crippen LogP contribution in [0, 0.1) is 5.92 Å². The first-order chi connectivity index (χ1) is 7.79. The van der Waals surface area contributed by atoms with Crippen LogP contribution in [-0.4, -0.2) is 42.7 Å². The number of nitrogens with zero attached hydrogens (tertiary/aromatic N) is 1. The maximum atomic E-state index is 12.4. The lowest BCUT2D eigenvalue weighted by Crippen LogP contribution is -2.48. The summed E-state index contributed by atoms with van der Waals surface area (Å²) in [7, 11) is 0. The predicted octanol–water partition coefficient (Wildman–Crippen LogP) is 1.79. The molecule has 0 aliphatic carbocycles. The monoisotopic (exact) mass is 252 g/mol. The quantitative estimate of drug-likeness (QED) is 0.827. The number of halogens is 3. The van der Waals surface area contributed by atoms with Crippen LogP contribution < -0.4 is 5.32 Å². The number of nitrogens with one attached hydrogen (secondary N) is 1. The minimum Gasteiger partial charge on any atom is -0.332 e. The molecule has 0 bridgehead atoms. The minimum absolute atomic E-state index is 0.0303. The first-order valence-corrected chi connectivity index (χ1v) is 5.88. The van der Waals surface area contributed by atoms with Crippen molar-refractivity contribution < 1.29 is 18.0 Å². The maximum absolute atomic E-state index is 12.4. The molecule has 17 heavy (non-hydrogen) atoms. The van der Waals surface area contributed by atoms with Crippen LogP contribution in [0.25, 0.3) is 0 Å². The summed E-state index contributed by atoms with van der Waals surface area (Å²) in [5.74, 6) is -0.392. The number of rotatable bonds is 4. The van der Waals surface area contributed by atoms with E-state index in [1.54, 1.807) is 13.8 Å². The van der Waals surface area contributed by atoms with Crippen molar-refractivity contribution in [3.8, 4) is 0 Å². The number of amides is 1. The average Bonchev–Trinajstić information content (AvgIpc) is 2.65. The van der Waals surface area contributed by atoms with Gasteiger partial charge in [0.25, 0.3) is 0 Å². The van der Waals surface area contributed by atoms with Crippen molar-refractivity contribution in [2.24, 2.45) is 5.92 Å². The zero-order valence-electron chi connectivity index (χ0n) is 10.2. The summed E-state index contributed by atoms with van der Waals surface area (Å²) in [5.41, 5.74) is 0. The van der Waals surface area contributed by atoms with Crippen LogP contribution in [0.5, 0.6) is 0 Å². The second-order valence-electron chi connectivity index (χ2n) is 4.88. The molecule has 1 amide bonds. The molecule has 1 saturated heterocycles. The highest BCUT2D eigenvalue weighted by molar-refractivity contribution is 5.82. The van der Waals surface area contributed by atoms with Crippen molar-refractivity contribution in [3.05, 3.63) is 0 Å². The molecule has 0 spiro atoms. The molecule has 1 heterocycles. The highest BCUT2D eigenvalue weighted by atomic mass is 19.4. The number of alkyl halides is 3. The fourth-order valence-electron chi connectivity index (χ4n) is 2.01. The van der Waals surface area contributed by atoms with E-state index in [-0.39, 0.29) is 12.5 Å². The van der Waals surface area contributed by atoms with E-state index < -0.39 is 24.7 Å². The van der Waals surface area contributed by atoms with Crippen molar-refractivity contribution >= 4 is 5.91 Å². The van der Waals surface area contributed by atoms with Crippen LogP contribution in [-0.2, 0) is 4.79 Å². The van der Waals surface area contributed by atoms with Gasteiger partial charge in [-0.25, -0.2) is 0 Å². The van der Waals surface area contributed by atoms with Crippen molar-refractivity contribution in [3.63, 3.8) is 0 Å². The summed E-state index contributed by atoms with van der Waals surface area (Å²) < 4.78 is 37.2. The number of carbonyl (C=O) groups is 1. The Balaban J connectivity index is 2.63. The van der Waals surface area contributed by atoms with Gasteiger partial charge in [-0.3, -0.25) is 4.79 Å². The fourth-order valence-corrected chi connectivity index (χ4v) is 2.01. The van der Waals surface area contributed by atoms with Gasteiger partial charge in [0.1, 0.15) is 6.54 Å². The molecule has 3 nitrogen and oxygen atoms in total. The highest BCUT2D eigenvalue weighted by Gasteiger charge is 2.36. The maximum Gasteiger partial charge on any atom is 0.406 e. The molecule has 1 rings (SSSR count). The normalized spacial score (nSPS) is 20.9. The van der Waals surface area contributed by atoms with Crippen molar-refractivity contribution in [2.45, 2.75) is 38.9 Å². The number of carbonyl (C=O) groups excluding carboxylic acids is 1. The van der Waals surface area contributed by atoms with Gasteiger partial charge >= 0.3 is 6.18 Å². The smallest absolute Gasteiger partial charge is 0.332 e. The van der Waals surface area contributed by atoms with Gasteiger partial charge in [0.2, 0.25) is 5.91 Å². The van der Waals surface area contributed by atoms with E-state index in [4.69, 9.17) is 0 Å². The molecule has 1 aliphatic heterocycles. The third-order valence-electron chi connectivity index (χ3n) is 2.63. The summed E-state index contributed by atoms with van der Waals surface area (Å²) in [4.78, 5) is 12.8. The van der Waals surface area contributed by atoms with E-state index >= 15 is 0 Å². The Morgan fingerprint density at radius 3 is 2.53 bits per heavy atom. The third kappa shape index (κ3) is 4.93. The summed E-state index contributed by atoms with van der Waals surface area (Å²) in [6, 6.07) is -0.434. The van der Waals surface area contributed by atoms with Crippen LogP contribution in [0.2, 0.25) is 0 Å². The molecule has 1 N–H and O–H groups in total. The van der Waals surface area contributed by atoms with Gasteiger partial charge in [-0.15, -0.1) is 0 Å². The molecular weight excluding hydrogens is 233 g/mol. The lowest BCUT2D eigenvalue weighted by Gasteiger charge is -2.28. The van der Waals surface area contributed by atoms with Crippen molar-refractivity contribution in [1.82, 2.24) is 10.2 Å². The Labute approximate surface area is 99.4 Å². The fraction of sp³-hybridized carbons (Fsp3) is 0.909. The second kappa shape index (κ2) is 5.71. The lowest BCUT2D eigenvalue weighted by atomic mass is 10.1. The van der Waals surface area contributed by atoms with Gasteiger partial charge in [0.15, 0.2) is 0 Å². The Morgan fingerprint density at radius 1 is 1.47 bits per heavy atom. The van der Waals surface area contributed by atoms with Crippen LogP contribution in [0.15, 0.2) is 0 Å². The van der Waals surface area contributed by atoms with Crippen LogP contribution >= 0.6 is 0 Å². The summed E-state index contributed by atoms with van der Waals surface area (Å²) >= 11 is 0. The van der Waals surface area contributed by atoms with Gasteiger partial charge < -0.3 is 10.2 Å². The largest absolute Gasteiger partial charge is 0.406 e. The predicted molar refractivity (Wildman–Crippen MR) is 58.5 cm³/mol. The minimum atomic E-state index is -4.33. The molecule has 0 aromatic rings. The second-order valence-corrected chi connectivity index (χ2v) is 4.88. The van der Waals surface area contributed by atoms with Gasteiger partial charge in [0, 0.05) is 6.54 Å². The highest BCUT2D eigenvalue weighted by Crippen LogP contribution is 2.19. The number of hydrogen-bond acceptors (Lipinski definition) is 2. The molecule has 1 aliphatic rings. The lowest BCUT2D eigenvalue weighted by molar-refractivity contribution is -0.163. The van der Waals surface area contributed by atoms with Gasteiger partial charge in [-0.05, 0) is 25.3 Å². The summed E-state index contributed by atoms with van der Waals surface area (Å²) in [5, 5.41) is 2.94.